The first-order valence-electron chi connectivity index (χ1n) is 10.6. The van der Waals surface area contributed by atoms with Gasteiger partial charge in [-0.25, -0.2) is 9.78 Å². The second kappa shape index (κ2) is 8.02. The number of ether oxygens (including phenoxy) is 1. The SMILES string of the molecule is CC1=C(N2CCC3(CCN(CC(O)c4cncc(-n5cnnn5)n4)CC3)C2=O)COC1=O. The lowest BCUT2D eigenvalue weighted by molar-refractivity contribution is -0.138. The monoisotopic (exact) mass is 440 g/mol. The number of amides is 1. The Bertz CT molecular complexity index is 1060. The van der Waals surface area contributed by atoms with Crippen LogP contribution < -0.4 is 0 Å². The third-order valence-electron chi connectivity index (χ3n) is 6.73. The number of carbonyl (C=O) groups excluding carboxylic acids is 2. The van der Waals surface area contributed by atoms with Crippen LogP contribution in [-0.4, -0.2) is 89.7 Å². The number of rotatable bonds is 5. The van der Waals surface area contributed by atoms with E-state index in [1.165, 1.54) is 23.4 Å². The molecule has 0 radical (unpaired) electrons. The van der Waals surface area contributed by atoms with Gasteiger partial charge in [0, 0.05) is 13.1 Å². The quantitative estimate of drug-likeness (QED) is 0.613. The van der Waals surface area contributed by atoms with E-state index < -0.39 is 11.5 Å². The molecule has 3 aliphatic heterocycles. The predicted octanol–water partition coefficient (Wildman–Crippen LogP) is -0.369. The van der Waals surface area contributed by atoms with Crippen molar-refractivity contribution in [2.75, 3.05) is 32.8 Å². The molecule has 3 aliphatic rings. The van der Waals surface area contributed by atoms with Crippen molar-refractivity contribution >= 4 is 11.9 Å². The number of cyclic esters (lactones) is 1. The van der Waals surface area contributed by atoms with Crippen LogP contribution in [0.15, 0.2) is 30.0 Å². The van der Waals surface area contributed by atoms with E-state index in [0.717, 1.165) is 6.42 Å². The second-order valence-electron chi connectivity index (χ2n) is 8.51. The summed E-state index contributed by atoms with van der Waals surface area (Å²) in [6, 6.07) is 0. The zero-order valence-corrected chi connectivity index (χ0v) is 17.7. The number of carbonyl (C=O) groups is 2. The lowest BCUT2D eigenvalue weighted by Gasteiger charge is -2.38. The number of aliphatic hydroxyl groups excluding tert-OH is 1. The molecule has 1 spiro atoms. The van der Waals surface area contributed by atoms with Crippen molar-refractivity contribution in [2.45, 2.75) is 32.3 Å². The Hall–Kier alpha value is -3.25. The summed E-state index contributed by atoms with van der Waals surface area (Å²) in [5.41, 5.74) is 1.27. The number of likely N-dealkylation sites (tertiary alicyclic amines) is 2. The largest absolute Gasteiger partial charge is 0.456 e. The highest BCUT2D eigenvalue weighted by atomic mass is 16.5. The van der Waals surface area contributed by atoms with Gasteiger partial charge in [0.1, 0.15) is 19.0 Å². The molecule has 2 fully saturated rings. The highest BCUT2D eigenvalue weighted by Crippen LogP contribution is 2.43. The molecule has 1 amide bonds. The summed E-state index contributed by atoms with van der Waals surface area (Å²) in [5.74, 6) is 0.176. The van der Waals surface area contributed by atoms with E-state index in [2.05, 4.69) is 30.4 Å². The maximum absolute atomic E-state index is 13.2. The van der Waals surface area contributed by atoms with E-state index in [4.69, 9.17) is 4.74 Å². The van der Waals surface area contributed by atoms with Crippen molar-refractivity contribution in [3.8, 4) is 5.82 Å². The van der Waals surface area contributed by atoms with Gasteiger partial charge in [-0.15, -0.1) is 5.10 Å². The maximum atomic E-state index is 13.2. The Morgan fingerprint density at radius 2 is 1.97 bits per heavy atom. The third kappa shape index (κ3) is 3.54. The lowest BCUT2D eigenvalue weighted by Crippen LogP contribution is -2.45. The van der Waals surface area contributed by atoms with Gasteiger partial charge >= 0.3 is 5.97 Å². The molecule has 0 bridgehead atoms. The number of hydrogen-bond acceptors (Lipinski definition) is 10. The molecule has 2 aromatic heterocycles. The van der Waals surface area contributed by atoms with Crippen molar-refractivity contribution in [2.24, 2.45) is 5.41 Å². The second-order valence-corrected chi connectivity index (χ2v) is 8.51. The molecule has 0 aromatic carbocycles. The van der Waals surface area contributed by atoms with Crippen LogP contribution in [0.3, 0.4) is 0 Å². The zero-order valence-electron chi connectivity index (χ0n) is 17.7. The van der Waals surface area contributed by atoms with E-state index >= 15 is 0 Å². The minimum Gasteiger partial charge on any atom is -0.456 e. The van der Waals surface area contributed by atoms with Crippen LogP contribution in [0.2, 0.25) is 0 Å². The fourth-order valence-corrected chi connectivity index (χ4v) is 4.70. The molecule has 2 saturated heterocycles. The molecule has 5 heterocycles. The van der Waals surface area contributed by atoms with Gasteiger partial charge in [-0.3, -0.25) is 9.78 Å². The van der Waals surface area contributed by atoms with Crippen molar-refractivity contribution in [3.05, 3.63) is 35.7 Å². The van der Waals surface area contributed by atoms with E-state index in [-0.39, 0.29) is 18.5 Å². The number of piperidine rings is 1. The molecule has 1 N–H and O–H groups in total. The molecule has 12 nitrogen and oxygen atoms in total. The molecule has 0 aliphatic carbocycles. The van der Waals surface area contributed by atoms with Crippen LogP contribution in [0.25, 0.3) is 5.82 Å². The maximum Gasteiger partial charge on any atom is 0.336 e. The summed E-state index contributed by atoms with van der Waals surface area (Å²) in [4.78, 5) is 37.4. The van der Waals surface area contributed by atoms with Crippen LogP contribution in [0, 0.1) is 5.41 Å². The van der Waals surface area contributed by atoms with Gasteiger partial charge in [-0.05, 0) is 49.7 Å². The molecule has 168 valence electrons. The first-order chi connectivity index (χ1) is 15.5. The Balaban J connectivity index is 1.21. The minimum absolute atomic E-state index is 0.0883. The molecule has 5 rings (SSSR count). The van der Waals surface area contributed by atoms with Crippen LogP contribution >= 0.6 is 0 Å². The third-order valence-corrected chi connectivity index (χ3v) is 6.73. The van der Waals surface area contributed by atoms with Crippen molar-refractivity contribution < 1.29 is 19.4 Å². The molecule has 0 saturated carbocycles. The average molecular weight is 440 g/mol. The summed E-state index contributed by atoms with van der Waals surface area (Å²) in [5, 5.41) is 21.7. The summed E-state index contributed by atoms with van der Waals surface area (Å²) in [6.45, 7) is 4.30. The van der Waals surface area contributed by atoms with Crippen molar-refractivity contribution in [3.63, 3.8) is 0 Å². The zero-order chi connectivity index (χ0) is 22.3. The number of hydrogen-bond donors (Lipinski definition) is 1. The molecule has 32 heavy (non-hydrogen) atoms. The lowest BCUT2D eigenvalue weighted by atomic mass is 9.77. The standard InChI is InChI=1S/C20H24N8O4/c1-13-15(11-32-18(13)30)27-7-4-20(19(27)31)2-5-26(6-3-20)10-16(29)14-8-21-9-17(23-14)28-12-22-24-25-28/h8-9,12,16,29H,2-7,10-11H2,1H3. The first kappa shape index (κ1) is 20.6. The minimum atomic E-state index is -0.821. The van der Waals surface area contributed by atoms with Gasteiger partial charge in [0.2, 0.25) is 5.91 Å². The van der Waals surface area contributed by atoms with E-state index in [1.54, 1.807) is 11.8 Å². The van der Waals surface area contributed by atoms with E-state index in [0.29, 0.717) is 61.8 Å². The molecular weight excluding hydrogens is 416 g/mol. The number of aromatic nitrogens is 6. The van der Waals surface area contributed by atoms with Gasteiger partial charge in [-0.1, -0.05) is 0 Å². The fraction of sp³-hybridized carbons (Fsp3) is 0.550. The summed E-state index contributed by atoms with van der Waals surface area (Å²) < 4.78 is 6.46. The van der Waals surface area contributed by atoms with Crippen LogP contribution in [0.4, 0.5) is 0 Å². The molecular formula is C20H24N8O4. The highest BCUT2D eigenvalue weighted by molar-refractivity contribution is 5.94. The number of aliphatic hydroxyl groups is 1. The number of esters is 1. The van der Waals surface area contributed by atoms with Gasteiger partial charge in [0.15, 0.2) is 5.82 Å². The molecule has 1 unspecified atom stereocenters. The number of nitrogens with zero attached hydrogens (tertiary/aromatic N) is 8. The smallest absolute Gasteiger partial charge is 0.336 e. The summed E-state index contributed by atoms with van der Waals surface area (Å²) in [6.07, 6.45) is 5.85. The summed E-state index contributed by atoms with van der Waals surface area (Å²) in [7, 11) is 0. The van der Waals surface area contributed by atoms with Crippen molar-refractivity contribution in [1.82, 2.24) is 40.0 Å². The Morgan fingerprint density at radius 3 is 2.66 bits per heavy atom. The Morgan fingerprint density at radius 1 is 1.19 bits per heavy atom. The summed E-state index contributed by atoms with van der Waals surface area (Å²) >= 11 is 0. The number of tetrazole rings is 1. The predicted molar refractivity (Wildman–Crippen MR) is 108 cm³/mol. The van der Waals surface area contributed by atoms with Crippen LogP contribution in [0.1, 0.15) is 38.0 Å². The molecule has 12 heteroatoms. The molecule has 1 atom stereocenters. The highest BCUT2D eigenvalue weighted by Gasteiger charge is 2.50. The fourth-order valence-electron chi connectivity index (χ4n) is 4.70. The van der Waals surface area contributed by atoms with Gasteiger partial charge < -0.3 is 19.6 Å². The first-order valence-corrected chi connectivity index (χ1v) is 10.6. The normalized spacial score (nSPS) is 22.1. The van der Waals surface area contributed by atoms with Crippen LogP contribution in [0.5, 0.6) is 0 Å². The van der Waals surface area contributed by atoms with E-state index in [9.17, 15) is 14.7 Å². The average Bonchev–Trinajstić information content (AvgIpc) is 3.53. The van der Waals surface area contributed by atoms with Crippen molar-refractivity contribution in [1.29, 1.82) is 0 Å². The molecule has 2 aromatic rings. The van der Waals surface area contributed by atoms with Gasteiger partial charge in [-0.2, -0.15) is 4.68 Å². The number of β-amino-alcohol motifs (C(OH)–C–C–N with tert-alkyl or cyclic N) is 1. The van der Waals surface area contributed by atoms with E-state index in [1.807, 2.05) is 0 Å². The van der Waals surface area contributed by atoms with Crippen LogP contribution in [-0.2, 0) is 14.3 Å². The van der Waals surface area contributed by atoms with Gasteiger partial charge in [0.05, 0.1) is 34.8 Å². The van der Waals surface area contributed by atoms with Gasteiger partial charge in [0.25, 0.3) is 0 Å². The topological polar surface area (TPSA) is 139 Å². The Labute approximate surface area is 183 Å². The Kier molecular flexibility index (Phi) is 5.18.